The Labute approximate surface area is 155 Å². The lowest BCUT2D eigenvalue weighted by molar-refractivity contribution is 0.101. The van der Waals surface area contributed by atoms with Gasteiger partial charge in [0.1, 0.15) is 0 Å². The molecule has 0 aliphatic carbocycles. The predicted octanol–water partition coefficient (Wildman–Crippen LogP) is 4.37. The standard InChI is InChI=1S/C22H26N2O2/c1-16-10-12-24(13-11-16)15-18-6-8-19(9-7-18)22(26)23-21-5-3-4-20(14-21)17(2)25/h3-9,14,16H,10-13,15H2,1-2H3,(H,23,26). The average molecular weight is 350 g/mol. The lowest BCUT2D eigenvalue weighted by Gasteiger charge is -2.30. The number of rotatable bonds is 5. The van der Waals surface area contributed by atoms with Crippen molar-refractivity contribution >= 4 is 17.4 Å². The van der Waals surface area contributed by atoms with Crippen molar-refractivity contribution in [2.45, 2.75) is 33.2 Å². The van der Waals surface area contributed by atoms with E-state index in [0.29, 0.717) is 16.8 Å². The zero-order valence-electron chi connectivity index (χ0n) is 15.5. The molecule has 1 heterocycles. The lowest BCUT2D eigenvalue weighted by atomic mass is 9.99. The molecule has 1 saturated heterocycles. The topological polar surface area (TPSA) is 49.4 Å². The number of hydrogen-bond donors (Lipinski definition) is 1. The number of nitrogens with one attached hydrogen (secondary N) is 1. The smallest absolute Gasteiger partial charge is 0.255 e. The van der Waals surface area contributed by atoms with Crippen molar-refractivity contribution in [3.05, 3.63) is 65.2 Å². The number of nitrogens with zero attached hydrogens (tertiary/aromatic N) is 1. The molecule has 0 unspecified atom stereocenters. The second-order valence-corrected chi connectivity index (χ2v) is 7.25. The molecule has 4 nitrogen and oxygen atoms in total. The Morgan fingerprint density at radius 2 is 1.73 bits per heavy atom. The zero-order chi connectivity index (χ0) is 18.5. The molecular formula is C22H26N2O2. The third-order valence-electron chi connectivity index (χ3n) is 5.03. The molecule has 3 rings (SSSR count). The summed E-state index contributed by atoms with van der Waals surface area (Å²) >= 11 is 0. The predicted molar refractivity (Wildman–Crippen MR) is 105 cm³/mol. The number of amides is 1. The summed E-state index contributed by atoms with van der Waals surface area (Å²) in [5.41, 5.74) is 3.08. The molecule has 0 radical (unpaired) electrons. The summed E-state index contributed by atoms with van der Waals surface area (Å²) < 4.78 is 0. The van der Waals surface area contributed by atoms with Crippen molar-refractivity contribution in [2.75, 3.05) is 18.4 Å². The maximum absolute atomic E-state index is 12.4. The summed E-state index contributed by atoms with van der Waals surface area (Å²) in [5.74, 6) is 0.653. The highest BCUT2D eigenvalue weighted by Gasteiger charge is 2.16. The first-order chi connectivity index (χ1) is 12.5. The summed E-state index contributed by atoms with van der Waals surface area (Å²) in [6.45, 7) is 7.07. The fourth-order valence-electron chi connectivity index (χ4n) is 3.26. The number of hydrogen-bond acceptors (Lipinski definition) is 3. The molecule has 1 aliphatic heterocycles. The largest absolute Gasteiger partial charge is 0.322 e. The molecule has 26 heavy (non-hydrogen) atoms. The number of carbonyl (C=O) groups is 2. The Morgan fingerprint density at radius 3 is 2.38 bits per heavy atom. The maximum atomic E-state index is 12.4. The monoisotopic (exact) mass is 350 g/mol. The first-order valence-corrected chi connectivity index (χ1v) is 9.25. The molecule has 136 valence electrons. The van der Waals surface area contributed by atoms with Gasteiger partial charge in [0, 0.05) is 23.4 Å². The molecule has 0 atom stereocenters. The Kier molecular flexibility index (Phi) is 5.84. The molecule has 0 saturated carbocycles. The SMILES string of the molecule is CC(=O)c1cccc(NC(=O)c2ccc(CN3CCC(C)CC3)cc2)c1. The van der Waals surface area contributed by atoms with Crippen LogP contribution < -0.4 is 5.32 Å². The van der Waals surface area contributed by atoms with Crippen molar-refractivity contribution in [1.82, 2.24) is 4.90 Å². The summed E-state index contributed by atoms with van der Waals surface area (Å²) in [4.78, 5) is 26.4. The average Bonchev–Trinajstić information content (AvgIpc) is 2.64. The van der Waals surface area contributed by atoms with Gasteiger partial charge in [0.2, 0.25) is 0 Å². The summed E-state index contributed by atoms with van der Waals surface area (Å²) in [7, 11) is 0. The molecule has 0 aromatic heterocycles. The molecule has 0 spiro atoms. The van der Waals surface area contributed by atoms with Crippen LogP contribution in [0.5, 0.6) is 0 Å². The van der Waals surface area contributed by atoms with Gasteiger partial charge in [-0.2, -0.15) is 0 Å². The fraction of sp³-hybridized carbons (Fsp3) is 0.364. The Morgan fingerprint density at radius 1 is 1.04 bits per heavy atom. The second-order valence-electron chi connectivity index (χ2n) is 7.25. The van der Waals surface area contributed by atoms with Gasteiger partial charge in [-0.1, -0.05) is 31.2 Å². The van der Waals surface area contributed by atoms with Gasteiger partial charge < -0.3 is 5.32 Å². The normalized spacial score (nSPS) is 15.6. The molecule has 1 N–H and O–H groups in total. The first kappa shape index (κ1) is 18.3. The number of likely N-dealkylation sites (tertiary alicyclic amines) is 1. The van der Waals surface area contributed by atoms with Gasteiger partial charge in [0.05, 0.1) is 0 Å². The molecule has 4 heteroatoms. The van der Waals surface area contributed by atoms with Crippen molar-refractivity contribution in [2.24, 2.45) is 5.92 Å². The summed E-state index contributed by atoms with van der Waals surface area (Å²) in [5, 5.41) is 2.86. The fourth-order valence-corrected chi connectivity index (χ4v) is 3.26. The van der Waals surface area contributed by atoms with Crippen LogP contribution in [0.4, 0.5) is 5.69 Å². The third kappa shape index (κ3) is 4.79. The van der Waals surface area contributed by atoms with E-state index in [2.05, 4.69) is 17.1 Å². The summed E-state index contributed by atoms with van der Waals surface area (Å²) in [6.07, 6.45) is 2.53. The Hall–Kier alpha value is -2.46. The number of carbonyl (C=O) groups excluding carboxylic acids is 2. The number of anilines is 1. The van der Waals surface area contributed by atoms with Crippen molar-refractivity contribution in [3.8, 4) is 0 Å². The van der Waals surface area contributed by atoms with Crippen LogP contribution in [0.3, 0.4) is 0 Å². The van der Waals surface area contributed by atoms with Crippen LogP contribution in [0.25, 0.3) is 0 Å². The minimum atomic E-state index is -0.163. The van der Waals surface area contributed by atoms with Gasteiger partial charge in [-0.3, -0.25) is 14.5 Å². The van der Waals surface area contributed by atoms with E-state index >= 15 is 0 Å². The Balaban J connectivity index is 1.60. The van der Waals surface area contributed by atoms with E-state index in [1.54, 1.807) is 24.3 Å². The van der Waals surface area contributed by atoms with E-state index in [9.17, 15) is 9.59 Å². The molecule has 0 bridgehead atoms. The van der Waals surface area contributed by atoms with Gasteiger partial charge >= 0.3 is 0 Å². The van der Waals surface area contributed by atoms with E-state index in [0.717, 1.165) is 25.6 Å². The Bertz CT molecular complexity index is 775. The van der Waals surface area contributed by atoms with E-state index in [1.807, 2.05) is 24.3 Å². The van der Waals surface area contributed by atoms with Gasteiger partial charge in [-0.25, -0.2) is 0 Å². The zero-order valence-corrected chi connectivity index (χ0v) is 15.5. The van der Waals surface area contributed by atoms with Crippen LogP contribution in [0.2, 0.25) is 0 Å². The minimum absolute atomic E-state index is 0.0161. The van der Waals surface area contributed by atoms with Crippen LogP contribution in [0.1, 0.15) is 53.0 Å². The second kappa shape index (κ2) is 8.28. The molecule has 1 amide bonds. The lowest BCUT2D eigenvalue weighted by Crippen LogP contribution is -2.32. The van der Waals surface area contributed by atoms with Gasteiger partial charge in [-0.05, 0) is 68.6 Å². The maximum Gasteiger partial charge on any atom is 0.255 e. The molecule has 1 fully saturated rings. The van der Waals surface area contributed by atoms with Crippen LogP contribution in [0.15, 0.2) is 48.5 Å². The van der Waals surface area contributed by atoms with E-state index in [-0.39, 0.29) is 11.7 Å². The van der Waals surface area contributed by atoms with Crippen LogP contribution in [0, 0.1) is 5.92 Å². The van der Waals surface area contributed by atoms with Crippen molar-refractivity contribution in [3.63, 3.8) is 0 Å². The highest BCUT2D eigenvalue weighted by molar-refractivity contribution is 6.05. The molecule has 1 aliphatic rings. The van der Waals surface area contributed by atoms with Crippen LogP contribution in [-0.2, 0) is 6.54 Å². The highest BCUT2D eigenvalue weighted by atomic mass is 16.1. The van der Waals surface area contributed by atoms with Gasteiger partial charge in [0.25, 0.3) is 5.91 Å². The highest BCUT2D eigenvalue weighted by Crippen LogP contribution is 2.19. The van der Waals surface area contributed by atoms with E-state index in [4.69, 9.17) is 0 Å². The van der Waals surface area contributed by atoms with Crippen molar-refractivity contribution < 1.29 is 9.59 Å². The van der Waals surface area contributed by atoms with E-state index in [1.165, 1.54) is 25.3 Å². The first-order valence-electron chi connectivity index (χ1n) is 9.25. The van der Waals surface area contributed by atoms with Crippen LogP contribution >= 0.6 is 0 Å². The van der Waals surface area contributed by atoms with Crippen molar-refractivity contribution in [1.29, 1.82) is 0 Å². The van der Waals surface area contributed by atoms with E-state index < -0.39 is 0 Å². The van der Waals surface area contributed by atoms with Crippen LogP contribution in [-0.4, -0.2) is 29.7 Å². The number of Topliss-reactive ketones (excluding diaryl/α,β-unsaturated/α-hetero) is 1. The minimum Gasteiger partial charge on any atom is -0.322 e. The molecule has 2 aromatic carbocycles. The number of piperidine rings is 1. The van der Waals surface area contributed by atoms with Gasteiger partial charge in [0.15, 0.2) is 5.78 Å². The summed E-state index contributed by atoms with van der Waals surface area (Å²) in [6, 6.07) is 14.8. The number of ketones is 1. The number of benzene rings is 2. The molecule has 2 aromatic rings. The third-order valence-corrected chi connectivity index (χ3v) is 5.03. The van der Waals surface area contributed by atoms with Gasteiger partial charge in [-0.15, -0.1) is 0 Å². The quantitative estimate of drug-likeness (QED) is 0.815. The molecular weight excluding hydrogens is 324 g/mol.